The Hall–Kier alpha value is -1.95. The minimum atomic E-state index is -0.901. The van der Waals surface area contributed by atoms with Gasteiger partial charge in [-0.05, 0) is 45.7 Å². The van der Waals surface area contributed by atoms with Crippen LogP contribution >= 0.6 is 11.6 Å². The van der Waals surface area contributed by atoms with Crippen LogP contribution in [0.2, 0.25) is 5.02 Å². The zero-order valence-electron chi connectivity index (χ0n) is 15.1. The van der Waals surface area contributed by atoms with Crippen molar-refractivity contribution in [3.8, 4) is 11.5 Å². The number of hydrogen-bond acceptors (Lipinski definition) is 4. The van der Waals surface area contributed by atoms with Gasteiger partial charge in [-0.3, -0.25) is 9.59 Å². The molecule has 1 rings (SSSR count). The number of nitrogens with one attached hydrogen (secondary N) is 1. The van der Waals surface area contributed by atoms with Crippen LogP contribution in [0.3, 0.4) is 0 Å². The van der Waals surface area contributed by atoms with Crippen molar-refractivity contribution in [1.29, 1.82) is 0 Å². The van der Waals surface area contributed by atoms with Gasteiger partial charge in [0.15, 0.2) is 11.5 Å². The number of carbonyl (C=O) groups is 2. The molecule has 0 unspecified atom stereocenters. The van der Waals surface area contributed by atoms with Crippen molar-refractivity contribution < 1.29 is 24.2 Å². The smallest absolute Gasteiger partial charge is 0.303 e. The first-order valence-corrected chi connectivity index (χ1v) is 8.71. The van der Waals surface area contributed by atoms with Gasteiger partial charge in [-0.2, -0.15) is 0 Å². The molecule has 0 saturated heterocycles. The molecule has 140 valence electrons. The summed E-state index contributed by atoms with van der Waals surface area (Å²) in [5, 5.41) is 11.9. The van der Waals surface area contributed by atoms with Gasteiger partial charge >= 0.3 is 5.97 Å². The maximum absolute atomic E-state index is 12.5. The molecule has 0 saturated carbocycles. The Morgan fingerprint density at radius 1 is 1.24 bits per heavy atom. The molecule has 6 nitrogen and oxygen atoms in total. The minimum Gasteiger partial charge on any atom is -0.490 e. The Bertz CT molecular complexity index is 616. The van der Waals surface area contributed by atoms with E-state index < -0.39 is 11.5 Å². The molecule has 0 fully saturated rings. The van der Waals surface area contributed by atoms with Crippen LogP contribution in [0.5, 0.6) is 11.5 Å². The first kappa shape index (κ1) is 21.1. The number of benzene rings is 1. The van der Waals surface area contributed by atoms with Crippen LogP contribution in [0.25, 0.3) is 0 Å². The Morgan fingerprint density at radius 2 is 1.92 bits per heavy atom. The lowest BCUT2D eigenvalue weighted by Crippen LogP contribution is -2.43. The monoisotopic (exact) mass is 371 g/mol. The third-order valence-electron chi connectivity index (χ3n) is 3.44. The normalized spacial score (nSPS) is 11.1. The number of carboxylic acid groups (broad SMARTS) is 1. The van der Waals surface area contributed by atoms with Crippen molar-refractivity contribution in [3.63, 3.8) is 0 Å². The van der Waals surface area contributed by atoms with Crippen LogP contribution in [0.15, 0.2) is 12.1 Å². The third kappa shape index (κ3) is 6.82. The summed E-state index contributed by atoms with van der Waals surface area (Å²) in [6, 6.07) is 3.11. The quantitative estimate of drug-likeness (QED) is 0.651. The standard InChI is InChI=1S/C18H26ClNO5/c1-5-9-25-16-13(19)10-12(11-14(16)24-6-2)17(23)20-18(3,4)8-7-15(21)22/h10-11H,5-9H2,1-4H3,(H,20,23)(H,21,22). The fourth-order valence-electron chi connectivity index (χ4n) is 2.17. The number of hydrogen-bond donors (Lipinski definition) is 2. The molecule has 0 spiro atoms. The second kappa shape index (κ2) is 9.51. The molecule has 7 heteroatoms. The minimum absolute atomic E-state index is 0.0258. The highest BCUT2D eigenvalue weighted by molar-refractivity contribution is 6.32. The Balaban J connectivity index is 2.99. The first-order valence-electron chi connectivity index (χ1n) is 8.33. The van der Waals surface area contributed by atoms with Gasteiger partial charge in [0.25, 0.3) is 5.91 Å². The SMILES string of the molecule is CCCOc1c(Cl)cc(C(=O)NC(C)(C)CCC(=O)O)cc1OCC. The largest absolute Gasteiger partial charge is 0.490 e. The predicted octanol–water partition coefficient (Wildman–Crippen LogP) is 3.90. The van der Waals surface area contributed by atoms with Gasteiger partial charge in [0.2, 0.25) is 0 Å². The van der Waals surface area contributed by atoms with Crippen LogP contribution in [0.1, 0.15) is 57.3 Å². The summed E-state index contributed by atoms with van der Waals surface area (Å²) in [6.07, 6.45) is 1.11. The summed E-state index contributed by atoms with van der Waals surface area (Å²) in [7, 11) is 0. The molecule has 0 aromatic heterocycles. The zero-order chi connectivity index (χ0) is 19.0. The van der Waals surface area contributed by atoms with E-state index in [0.717, 1.165) is 6.42 Å². The first-order chi connectivity index (χ1) is 11.7. The maximum atomic E-state index is 12.5. The Morgan fingerprint density at radius 3 is 2.48 bits per heavy atom. The van der Waals surface area contributed by atoms with Crippen molar-refractivity contribution >= 4 is 23.5 Å². The van der Waals surface area contributed by atoms with Gasteiger partial charge in [-0.25, -0.2) is 0 Å². The van der Waals surface area contributed by atoms with Crippen LogP contribution in [0.4, 0.5) is 0 Å². The summed E-state index contributed by atoms with van der Waals surface area (Å²) >= 11 is 6.26. The second-order valence-electron chi connectivity index (χ2n) is 6.30. The Kier molecular flexibility index (Phi) is 8.03. The molecular formula is C18H26ClNO5. The van der Waals surface area contributed by atoms with Crippen molar-refractivity contribution in [2.45, 2.75) is 52.5 Å². The topological polar surface area (TPSA) is 84.9 Å². The summed E-state index contributed by atoms with van der Waals surface area (Å²) in [5.74, 6) is -0.411. The highest BCUT2D eigenvalue weighted by atomic mass is 35.5. The van der Waals surface area contributed by atoms with Gasteiger partial charge in [0, 0.05) is 17.5 Å². The van der Waals surface area contributed by atoms with Gasteiger partial charge in [-0.15, -0.1) is 0 Å². The number of amides is 1. The molecule has 1 aromatic rings. The molecular weight excluding hydrogens is 346 g/mol. The third-order valence-corrected chi connectivity index (χ3v) is 3.72. The van der Waals surface area contributed by atoms with Crippen LogP contribution in [-0.2, 0) is 4.79 Å². The van der Waals surface area contributed by atoms with Crippen LogP contribution < -0.4 is 14.8 Å². The molecule has 0 radical (unpaired) electrons. The molecule has 0 aliphatic carbocycles. The number of aliphatic carboxylic acids is 1. The van der Waals surface area contributed by atoms with E-state index in [9.17, 15) is 9.59 Å². The summed E-state index contributed by atoms with van der Waals surface area (Å²) in [5.41, 5.74) is -0.328. The fourth-order valence-corrected chi connectivity index (χ4v) is 2.43. The van der Waals surface area contributed by atoms with Crippen LogP contribution in [0, 0.1) is 0 Å². The number of carboxylic acids is 1. The molecule has 1 amide bonds. The highest BCUT2D eigenvalue weighted by Gasteiger charge is 2.24. The predicted molar refractivity (Wildman–Crippen MR) is 96.8 cm³/mol. The number of halogens is 1. The molecule has 0 heterocycles. The van der Waals surface area contributed by atoms with Crippen molar-refractivity contribution in [2.24, 2.45) is 0 Å². The molecule has 0 aliphatic rings. The van der Waals surface area contributed by atoms with E-state index in [1.807, 2.05) is 13.8 Å². The maximum Gasteiger partial charge on any atom is 0.303 e. The lowest BCUT2D eigenvalue weighted by molar-refractivity contribution is -0.137. The van der Waals surface area contributed by atoms with E-state index in [1.54, 1.807) is 19.9 Å². The van der Waals surface area contributed by atoms with E-state index in [1.165, 1.54) is 6.07 Å². The van der Waals surface area contributed by atoms with Crippen LogP contribution in [-0.4, -0.2) is 35.7 Å². The zero-order valence-corrected chi connectivity index (χ0v) is 15.9. The second-order valence-corrected chi connectivity index (χ2v) is 6.71. The van der Waals surface area contributed by atoms with E-state index in [-0.39, 0.29) is 12.3 Å². The molecule has 1 aromatic carbocycles. The van der Waals surface area contributed by atoms with Crippen molar-refractivity contribution in [3.05, 3.63) is 22.7 Å². The van der Waals surface area contributed by atoms with E-state index in [2.05, 4.69) is 5.32 Å². The van der Waals surface area contributed by atoms with Crippen molar-refractivity contribution in [1.82, 2.24) is 5.32 Å². The van der Waals surface area contributed by atoms with E-state index in [0.29, 0.717) is 41.7 Å². The van der Waals surface area contributed by atoms with Gasteiger partial charge in [0.1, 0.15) is 0 Å². The number of rotatable bonds is 10. The lowest BCUT2D eigenvalue weighted by Gasteiger charge is -2.26. The van der Waals surface area contributed by atoms with E-state index >= 15 is 0 Å². The van der Waals surface area contributed by atoms with Gasteiger partial charge in [-0.1, -0.05) is 18.5 Å². The van der Waals surface area contributed by atoms with Gasteiger partial charge in [0.05, 0.1) is 18.2 Å². The molecule has 0 bridgehead atoms. The average molecular weight is 372 g/mol. The Labute approximate surface area is 153 Å². The summed E-state index contributed by atoms with van der Waals surface area (Å²) in [6.45, 7) is 8.27. The molecule has 2 N–H and O–H groups in total. The average Bonchev–Trinajstić information content (AvgIpc) is 2.52. The molecule has 0 atom stereocenters. The fraction of sp³-hybridized carbons (Fsp3) is 0.556. The van der Waals surface area contributed by atoms with E-state index in [4.69, 9.17) is 26.2 Å². The molecule has 0 aliphatic heterocycles. The van der Waals surface area contributed by atoms with Crippen molar-refractivity contribution in [2.75, 3.05) is 13.2 Å². The number of carbonyl (C=O) groups excluding carboxylic acids is 1. The highest BCUT2D eigenvalue weighted by Crippen LogP contribution is 2.37. The number of ether oxygens (including phenoxy) is 2. The summed E-state index contributed by atoms with van der Waals surface area (Å²) in [4.78, 5) is 23.3. The lowest BCUT2D eigenvalue weighted by atomic mass is 9.97. The molecule has 25 heavy (non-hydrogen) atoms. The summed E-state index contributed by atoms with van der Waals surface area (Å²) < 4.78 is 11.2. The van der Waals surface area contributed by atoms with Gasteiger partial charge < -0.3 is 19.9 Å².